The smallest absolute Gasteiger partial charge is 0.141 e. The average molecular weight is 285 g/mol. The lowest BCUT2D eigenvalue weighted by Gasteiger charge is -2.23. The summed E-state index contributed by atoms with van der Waals surface area (Å²) >= 11 is 0. The van der Waals surface area contributed by atoms with E-state index in [0.29, 0.717) is 0 Å². The monoisotopic (exact) mass is 285 g/mol. The molecule has 0 aromatic heterocycles. The number of nitrogens with one attached hydrogen (secondary N) is 1. The highest BCUT2D eigenvalue weighted by atomic mass is 16.5. The van der Waals surface area contributed by atoms with Gasteiger partial charge in [-0.2, -0.15) is 0 Å². The van der Waals surface area contributed by atoms with E-state index in [1.807, 2.05) is 0 Å². The molecule has 2 aliphatic carbocycles. The van der Waals surface area contributed by atoms with Crippen molar-refractivity contribution >= 4 is 5.69 Å². The molecular formula is C19H27NO. The van der Waals surface area contributed by atoms with Crippen molar-refractivity contribution in [3.05, 3.63) is 35.9 Å². The molecule has 114 valence electrons. The van der Waals surface area contributed by atoms with Gasteiger partial charge in [0.15, 0.2) is 0 Å². The molecule has 0 spiro atoms. The van der Waals surface area contributed by atoms with Gasteiger partial charge in [-0.1, -0.05) is 39.0 Å². The van der Waals surface area contributed by atoms with E-state index in [9.17, 15) is 0 Å². The van der Waals surface area contributed by atoms with E-state index in [1.54, 1.807) is 7.11 Å². The summed E-state index contributed by atoms with van der Waals surface area (Å²) in [6.45, 7) is 7.80. The van der Waals surface area contributed by atoms with Gasteiger partial charge in [0.25, 0.3) is 0 Å². The minimum absolute atomic E-state index is 0.165. The minimum Gasteiger partial charge on any atom is -0.495 e. The van der Waals surface area contributed by atoms with Gasteiger partial charge in [-0.3, -0.25) is 0 Å². The van der Waals surface area contributed by atoms with E-state index < -0.39 is 0 Å². The SMILES string of the molecule is COc1ccc(C(C)(C)C)cc1NCC1CC2C=CC1C2. The van der Waals surface area contributed by atoms with Crippen molar-refractivity contribution in [2.75, 3.05) is 19.0 Å². The number of benzene rings is 1. The highest BCUT2D eigenvalue weighted by Gasteiger charge is 2.35. The maximum Gasteiger partial charge on any atom is 0.141 e. The first-order valence-electron chi connectivity index (χ1n) is 8.08. The summed E-state index contributed by atoms with van der Waals surface area (Å²) in [6.07, 6.45) is 7.53. The summed E-state index contributed by atoms with van der Waals surface area (Å²) in [7, 11) is 1.75. The molecule has 2 heteroatoms. The summed E-state index contributed by atoms with van der Waals surface area (Å²) in [5.74, 6) is 3.36. The summed E-state index contributed by atoms with van der Waals surface area (Å²) in [6, 6.07) is 6.51. The Hall–Kier alpha value is -1.44. The Labute approximate surface area is 128 Å². The summed E-state index contributed by atoms with van der Waals surface area (Å²) in [4.78, 5) is 0. The van der Waals surface area contributed by atoms with E-state index in [0.717, 1.165) is 35.7 Å². The highest BCUT2D eigenvalue weighted by Crippen LogP contribution is 2.43. The molecule has 3 atom stereocenters. The molecule has 3 unspecified atom stereocenters. The highest BCUT2D eigenvalue weighted by molar-refractivity contribution is 5.59. The number of hydrogen-bond acceptors (Lipinski definition) is 2. The van der Waals surface area contributed by atoms with Crippen LogP contribution >= 0.6 is 0 Å². The average Bonchev–Trinajstić information content (AvgIpc) is 3.06. The van der Waals surface area contributed by atoms with E-state index >= 15 is 0 Å². The lowest BCUT2D eigenvalue weighted by atomic mass is 9.86. The predicted molar refractivity (Wildman–Crippen MR) is 89.0 cm³/mol. The molecule has 21 heavy (non-hydrogen) atoms. The number of rotatable bonds is 4. The summed E-state index contributed by atoms with van der Waals surface area (Å²) in [5.41, 5.74) is 2.65. The zero-order valence-corrected chi connectivity index (χ0v) is 13.6. The number of ether oxygens (including phenoxy) is 1. The Morgan fingerprint density at radius 3 is 2.57 bits per heavy atom. The Kier molecular flexibility index (Phi) is 3.73. The van der Waals surface area contributed by atoms with Crippen LogP contribution in [0, 0.1) is 17.8 Å². The molecule has 1 aromatic rings. The molecule has 0 aliphatic heterocycles. The first-order chi connectivity index (χ1) is 9.97. The molecule has 1 aromatic carbocycles. The third kappa shape index (κ3) is 2.95. The zero-order valence-electron chi connectivity index (χ0n) is 13.6. The van der Waals surface area contributed by atoms with Crippen LogP contribution in [-0.4, -0.2) is 13.7 Å². The Balaban J connectivity index is 1.73. The number of fused-ring (bicyclic) bond motifs is 2. The molecule has 3 rings (SSSR count). The van der Waals surface area contributed by atoms with Gasteiger partial charge < -0.3 is 10.1 Å². The molecule has 1 N–H and O–H groups in total. The van der Waals surface area contributed by atoms with Crippen LogP contribution in [0.1, 0.15) is 39.2 Å². The van der Waals surface area contributed by atoms with Gasteiger partial charge in [-0.05, 0) is 53.7 Å². The Morgan fingerprint density at radius 2 is 2.00 bits per heavy atom. The fourth-order valence-electron chi connectivity index (χ4n) is 3.68. The largest absolute Gasteiger partial charge is 0.495 e. The molecule has 0 radical (unpaired) electrons. The number of anilines is 1. The van der Waals surface area contributed by atoms with Crippen LogP contribution in [0.2, 0.25) is 0 Å². The number of hydrogen-bond donors (Lipinski definition) is 1. The van der Waals surface area contributed by atoms with E-state index in [4.69, 9.17) is 4.74 Å². The molecule has 1 fully saturated rings. The predicted octanol–water partition coefficient (Wildman–Crippen LogP) is 4.62. The van der Waals surface area contributed by atoms with Crippen LogP contribution in [0.5, 0.6) is 5.75 Å². The lowest BCUT2D eigenvalue weighted by Crippen LogP contribution is -2.19. The van der Waals surface area contributed by atoms with Crippen LogP contribution in [-0.2, 0) is 5.41 Å². The minimum atomic E-state index is 0.165. The first-order valence-corrected chi connectivity index (χ1v) is 8.08. The Bertz CT molecular complexity index is 541. The molecule has 0 amide bonds. The van der Waals surface area contributed by atoms with Crippen LogP contribution in [0.15, 0.2) is 30.4 Å². The molecule has 1 saturated carbocycles. The fraction of sp³-hybridized carbons (Fsp3) is 0.579. The number of methoxy groups -OCH3 is 1. The van der Waals surface area contributed by atoms with Crippen molar-refractivity contribution in [3.63, 3.8) is 0 Å². The Morgan fingerprint density at radius 1 is 1.19 bits per heavy atom. The third-order valence-electron chi connectivity index (χ3n) is 5.04. The van der Waals surface area contributed by atoms with Gasteiger partial charge in [0.1, 0.15) is 5.75 Å². The standard InChI is InChI=1S/C19H27NO/c1-19(2,3)16-7-8-18(21-4)17(11-16)20-12-15-10-13-5-6-14(15)9-13/h5-8,11,13-15,20H,9-10,12H2,1-4H3. The van der Waals surface area contributed by atoms with Crippen LogP contribution < -0.4 is 10.1 Å². The normalized spacial score (nSPS) is 27.1. The van der Waals surface area contributed by atoms with Gasteiger partial charge in [0.05, 0.1) is 12.8 Å². The molecule has 2 nitrogen and oxygen atoms in total. The van der Waals surface area contributed by atoms with Crippen molar-refractivity contribution in [1.82, 2.24) is 0 Å². The molecule has 0 saturated heterocycles. The van der Waals surface area contributed by atoms with Crippen molar-refractivity contribution in [3.8, 4) is 5.75 Å². The zero-order chi connectivity index (χ0) is 15.0. The second-order valence-electron chi connectivity index (χ2n) is 7.59. The maximum absolute atomic E-state index is 5.51. The summed E-state index contributed by atoms with van der Waals surface area (Å²) in [5, 5.41) is 3.64. The second-order valence-corrected chi connectivity index (χ2v) is 7.59. The quantitative estimate of drug-likeness (QED) is 0.815. The van der Waals surface area contributed by atoms with Crippen LogP contribution in [0.4, 0.5) is 5.69 Å². The van der Waals surface area contributed by atoms with Gasteiger partial charge in [-0.15, -0.1) is 0 Å². The van der Waals surface area contributed by atoms with Crippen LogP contribution in [0.3, 0.4) is 0 Å². The molecule has 2 bridgehead atoms. The molecular weight excluding hydrogens is 258 g/mol. The molecule has 0 heterocycles. The van der Waals surface area contributed by atoms with Crippen molar-refractivity contribution in [2.45, 2.75) is 39.0 Å². The molecule has 2 aliphatic rings. The third-order valence-corrected chi connectivity index (χ3v) is 5.04. The van der Waals surface area contributed by atoms with Gasteiger partial charge in [0, 0.05) is 6.54 Å². The van der Waals surface area contributed by atoms with E-state index in [-0.39, 0.29) is 5.41 Å². The van der Waals surface area contributed by atoms with Gasteiger partial charge >= 0.3 is 0 Å². The van der Waals surface area contributed by atoms with Crippen molar-refractivity contribution in [2.24, 2.45) is 17.8 Å². The maximum atomic E-state index is 5.51. The van der Waals surface area contributed by atoms with Crippen molar-refractivity contribution < 1.29 is 4.74 Å². The topological polar surface area (TPSA) is 21.3 Å². The van der Waals surface area contributed by atoms with E-state index in [1.165, 1.54) is 18.4 Å². The van der Waals surface area contributed by atoms with Gasteiger partial charge in [0.2, 0.25) is 0 Å². The van der Waals surface area contributed by atoms with Crippen molar-refractivity contribution in [1.29, 1.82) is 0 Å². The first kappa shape index (κ1) is 14.5. The fourth-order valence-corrected chi connectivity index (χ4v) is 3.68. The van der Waals surface area contributed by atoms with Gasteiger partial charge in [-0.25, -0.2) is 0 Å². The second kappa shape index (κ2) is 5.40. The van der Waals surface area contributed by atoms with Crippen LogP contribution in [0.25, 0.3) is 0 Å². The lowest BCUT2D eigenvalue weighted by molar-refractivity contribution is 0.414. The van der Waals surface area contributed by atoms with E-state index in [2.05, 4.69) is 56.4 Å². The summed E-state index contributed by atoms with van der Waals surface area (Å²) < 4.78 is 5.51. The number of allylic oxidation sites excluding steroid dienone is 2.